The molecule has 2 aromatic rings. The highest BCUT2D eigenvalue weighted by molar-refractivity contribution is 7.72. The van der Waals surface area contributed by atoms with Gasteiger partial charge in [0.1, 0.15) is 9.47 Å². The van der Waals surface area contributed by atoms with Gasteiger partial charge in [0.25, 0.3) is 0 Å². The molecule has 0 unspecified atom stereocenters. The van der Waals surface area contributed by atoms with Crippen molar-refractivity contribution in [1.82, 2.24) is 14.9 Å². The quantitative estimate of drug-likeness (QED) is 0.787. The van der Waals surface area contributed by atoms with Crippen molar-refractivity contribution in [2.45, 2.75) is 19.9 Å². The first kappa shape index (κ1) is 11.5. The maximum atomic E-state index is 5.39. The Morgan fingerprint density at radius 2 is 2.18 bits per heavy atom. The van der Waals surface area contributed by atoms with E-state index in [0.717, 1.165) is 35.5 Å². The fourth-order valence-corrected chi connectivity index (χ4v) is 4.38. The predicted octanol–water partition coefficient (Wildman–Crippen LogP) is 3.39. The zero-order valence-corrected chi connectivity index (χ0v) is 11.9. The first-order valence-electron chi connectivity index (χ1n) is 5.68. The van der Waals surface area contributed by atoms with E-state index in [1.54, 1.807) is 11.3 Å². The van der Waals surface area contributed by atoms with Crippen LogP contribution in [0, 0.1) is 9.41 Å². The third kappa shape index (κ3) is 1.89. The molecule has 0 saturated heterocycles. The number of likely N-dealkylation sites (N-methyl/N-ethyl adjacent to an activating group) is 1. The van der Waals surface area contributed by atoms with Crippen LogP contribution in [0.4, 0.5) is 0 Å². The molecule has 2 N–H and O–H groups in total. The summed E-state index contributed by atoms with van der Waals surface area (Å²) in [6, 6.07) is 0. The number of aromatic nitrogens is 2. The molecule has 0 atom stereocenters. The monoisotopic (exact) mass is 283 g/mol. The van der Waals surface area contributed by atoms with Gasteiger partial charge in [0, 0.05) is 23.4 Å². The van der Waals surface area contributed by atoms with Crippen molar-refractivity contribution in [1.29, 1.82) is 0 Å². The van der Waals surface area contributed by atoms with E-state index in [-0.39, 0.29) is 0 Å². The highest BCUT2D eigenvalue weighted by Gasteiger charge is 2.20. The van der Waals surface area contributed by atoms with Crippen molar-refractivity contribution < 1.29 is 0 Å². The Balaban J connectivity index is 2.26. The Labute approximate surface area is 113 Å². The Morgan fingerprint density at radius 1 is 1.35 bits per heavy atom. The number of hydrogen-bond donors (Lipinski definition) is 2. The lowest BCUT2D eigenvalue weighted by Crippen LogP contribution is -2.29. The molecule has 0 aliphatic carbocycles. The van der Waals surface area contributed by atoms with Gasteiger partial charge in [0.15, 0.2) is 4.77 Å². The van der Waals surface area contributed by atoms with Gasteiger partial charge < -0.3 is 9.97 Å². The molecule has 0 spiro atoms. The van der Waals surface area contributed by atoms with Gasteiger partial charge in [0.2, 0.25) is 0 Å². The van der Waals surface area contributed by atoms with Gasteiger partial charge in [-0.05, 0) is 30.7 Å². The van der Waals surface area contributed by atoms with E-state index in [9.17, 15) is 0 Å². The van der Waals surface area contributed by atoms with E-state index in [1.165, 1.54) is 15.8 Å². The van der Waals surface area contributed by atoms with Crippen LogP contribution in [-0.4, -0.2) is 28.0 Å². The Hall–Kier alpha value is -0.560. The highest BCUT2D eigenvalue weighted by atomic mass is 32.1. The number of rotatable bonds is 1. The molecule has 0 fully saturated rings. The van der Waals surface area contributed by atoms with Crippen molar-refractivity contribution in [3.8, 4) is 0 Å². The van der Waals surface area contributed by atoms with Crippen molar-refractivity contribution in [3.63, 3.8) is 0 Å². The molecule has 0 bridgehead atoms. The molecule has 3 nitrogen and oxygen atoms in total. The number of nitrogens with zero attached hydrogens (tertiary/aromatic N) is 1. The second kappa shape index (κ2) is 4.28. The second-order valence-corrected chi connectivity index (χ2v) is 6.16. The van der Waals surface area contributed by atoms with E-state index < -0.39 is 0 Å². The third-order valence-corrected chi connectivity index (χ3v) is 4.91. The van der Waals surface area contributed by atoms with E-state index in [1.807, 2.05) is 0 Å². The fourth-order valence-electron chi connectivity index (χ4n) is 2.35. The van der Waals surface area contributed by atoms with Crippen LogP contribution in [0.3, 0.4) is 0 Å². The molecule has 1 aliphatic heterocycles. The molecule has 0 saturated carbocycles. The van der Waals surface area contributed by atoms with Crippen LogP contribution in [0.2, 0.25) is 0 Å². The lowest BCUT2D eigenvalue weighted by molar-refractivity contribution is 0.272. The van der Waals surface area contributed by atoms with Gasteiger partial charge in [-0.3, -0.25) is 4.90 Å². The standard InChI is InChI=1S/C11H13N3S3/c1-2-14-4-3-6-7(5-14)17-10-8(6)9(15)12-11(16)13-10/h2-5H2,1H3,(H2,12,13,15,16). The minimum atomic E-state index is 0.619. The maximum Gasteiger partial charge on any atom is 0.176 e. The van der Waals surface area contributed by atoms with E-state index in [2.05, 4.69) is 21.8 Å². The highest BCUT2D eigenvalue weighted by Crippen LogP contribution is 2.34. The molecule has 3 rings (SSSR count). The van der Waals surface area contributed by atoms with Gasteiger partial charge in [-0.15, -0.1) is 11.3 Å². The van der Waals surface area contributed by atoms with Crippen LogP contribution >= 0.6 is 35.8 Å². The van der Waals surface area contributed by atoms with E-state index in [4.69, 9.17) is 24.4 Å². The summed E-state index contributed by atoms with van der Waals surface area (Å²) in [7, 11) is 0. The largest absolute Gasteiger partial charge is 0.324 e. The van der Waals surface area contributed by atoms with Crippen LogP contribution < -0.4 is 0 Å². The van der Waals surface area contributed by atoms with Gasteiger partial charge in [-0.2, -0.15) is 0 Å². The molecule has 2 aromatic heterocycles. The SMILES string of the molecule is CCN1CCc2c(sc3[nH]c(=S)[nH]c(=S)c23)C1. The number of aromatic amines is 2. The fraction of sp³-hybridized carbons (Fsp3) is 0.455. The predicted molar refractivity (Wildman–Crippen MR) is 76.8 cm³/mol. The van der Waals surface area contributed by atoms with Crippen LogP contribution in [-0.2, 0) is 13.0 Å². The Bertz CT molecular complexity index is 679. The van der Waals surface area contributed by atoms with Gasteiger partial charge in [-0.25, -0.2) is 0 Å². The second-order valence-electron chi connectivity index (χ2n) is 4.23. The summed E-state index contributed by atoms with van der Waals surface area (Å²) in [6.45, 7) is 5.48. The summed E-state index contributed by atoms with van der Waals surface area (Å²) < 4.78 is 1.40. The zero-order valence-electron chi connectivity index (χ0n) is 9.50. The zero-order chi connectivity index (χ0) is 12.0. The Morgan fingerprint density at radius 3 is 2.94 bits per heavy atom. The molecule has 3 heterocycles. The molecule has 1 aliphatic rings. The molecule has 6 heteroatoms. The average molecular weight is 283 g/mol. The normalized spacial score (nSPS) is 16.3. The number of hydrogen-bond acceptors (Lipinski definition) is 4. The van der Waals surface area contributed by atoms with Gasteiger partial charge >= 0.3 is 0 Å². The lowest BCUT2D eigenvalue weighted by Gasteiger charge is -2.24. The maximum absolute atomic E-state index is 5.39. The van der Waals surface area contributed by atoms with Crippen molar-refractivity contribution >= 4 is 46.0 Å². The summed E-state index contributed by atoms with van der Waals surface area (Å²) >= 11 is 12.3. The minimum absolute atomic E-state index is 0.619. The summed E-state index contributed by atoms with van der Waals surface area (Å²) in [5.41, 5.74) is 1.42. The minimum Gasteiger partial charge on any atom is -0.324 e. The number of nitrogens with one attached hydrogen (secondary N) is 2. The summed E-state index contributed by atoms with van der Waals surface area (Å²) in [5, 5.41) is 1.18. The van der Waals surface area contributed by atoms with E-state index >= 15 is 0 Å². The summed E-state index contributed by atoms with van der Waals surface area (Å²) in [6.07, 6.45) is 1.09. The first-order valence-corrected chi connectivity index (χ1v) is 7.31. The van der Waals surface area contributed by atoms with Crippen LogP contribution in [0.5, 0.6) is 0 Å². The summed E-state index contributed by atoms with van der Waals surface area (Å²) in [5.74, 6) is 0. The average Bonchev–Trinajstić information content (AvgIpc) is 2.65. The molecular weight excluding hydrogens is 270 g/mol. The first-order chi connectivity index (χ1) is 8.19. The number of fused-ring (bicyclic) bond motifs is 3. The third-order valence-electron chi connectivity index (χ3n) is 3.26. The molecule has 0 radical (unpaired) electrons. The van der Waals surface area contributed by atoms with Crippen LogP contribution in [0.1, 0.15) is 17.4 Å². The number of H-pyrrole nitrogens is 2. The molecule has 17 heavy (non-hydrogen) atoms. The Kier molecular flexibility index (Phi) is 2.90. The molecule has 0 amide bonds. The molecular formula is C11H13N3S3. The van der Waals surface area contributed by atoms with Crippen molar-refractivity contribution in [3.05, 3.63) is 19.9 Å². The lowest BCUT2D eigenvalue weighted by atomic mass is 10.1. The van der Waals surface area contributed by atoms with Crippen LogP contribution in [0.25, 0.3) is 10.2 Å². The topological polar surface area (TPSA) is 34.8 Å². The molecule has 0 aromatic carbocycles. The number of thiophene rings is 1. The summed E-state index contributed by atoms with van der Waals surface area (Å²) in [4.78, 5) is 11.3. The van der Waals surface area contributed by atoms with Gasteiger partial charge in [-0.1, -0.05) is 19.1 Å². The smallest absolute Gasteiger partial charge is 0.176 e. The van der Waals surface area contributed by atoms with Crippen LogP contribution in [0.15, 0.2) is 0 Å². The van der Waals surface area contributed by atoms with Crippen molar-refractivity contribution in [2.75, 3.05) is 13.1 Å². The van der Waals surface area contributed by atoms with Gasteiger partial charge in [0.05, 0.1) is 0 Å². The van der Waals surface area contributed by atoms with Crippen molar-refractivity contribution in [2.24, 2.45) is 0 Å². The van der Waals surface area contributed by atoms with E-state index in [0.29, 0.717) is 4.77 Å². The molecule has 90 valence electrons.